The molecular weight excluding hydrogens is 413 g/mol. The first kappa shape index (κ1) is 22.0. The second-order valence-electron chi connectivity index (χ2n) is 7.77. The molecule has 3 aromatic carbocycles. The number of nitrogens with one attached hydrogen (secondary N) is 1. The molecule has 0 unspecified atom stereocenters. The number of aromatic nitrogens is 1. The number of halogens is 3. The van der Waals surface area contributed by atoms with Crippen molar-refractivity contribution in [3.8, 4) is 16.9 Å². The minimum Gasteiger partial charge on any atom is -0.406 e. The lowest BCUT2D eigenvalue weighted by Crippen LogP contribution is -2.17. The average molecular weight is 438 g/mol. The first-order valence-corrected chi connectivity index (χ1v) is 10.6. The molecule has 0 radical (unpaired) electrons. The number of fused-ring (bicyclic) bond motifs is 1. The molecule has 1 heterocycles. The minimum atomic E-state index is -4.72. The van der Waals surface area contributed by atoms with Gasteiger partial charge in [-0.1, -0.05) is 48.5 Å². The molecule has 0 aliphatic carbocycles. The normalized spacial score (nSPS) is 12.8. The van der Waals surface area contributed by atoms with Crippen LogP contribution in [0.1, 0.15) is 31.0 Å². The number of rotatable bonds is 7. The predicted molar refractivity (Wildman–Crippen MR) is 121 cm³/mol. The Kier molecular flexibility index (Phi) is 6.24. The van der Waals surface area contributed by atoms with E-state index in [9.17, 15) is 13.2 Å². The van der Waals surface area contributed by atoms with E-state index >= 15 is 0 Å². The van der Waals surface area contributed by atoms with E-state index in [0.29, 0.717) is 12.1 Å². The number of aryl methyl sites for hydroxylation is 1. The summed E-state index contributed by atoms with van der Waals surface area (Å²) < 4.78 is 44.3. The number of benzene rings is 3. The van der Waals surface area contributed by atoms with Crippen molar-refractivity contribution in [1.29, 1.82) is 0 Å². The summed E-state index contributed by atoms with van der Waals surface area (Å²) >= 11 is 0. The zero-order valence-electron chi connectivity index (χ0n) is 18.0. The molecule has 6 heteroatoms. The summed E-state index contributed by atoms with van der Waals surface area (Å²) in [6.07, 6.45) is -2.73. The van der Waals surface area contributed by atoms with Gasteiger partial charge < -0.3 is 14.6 Å². The van der Waals surface area contributed by atoms with Crippen molar-refractivity contribution in [2.24, 2.45) is 0 Å². The minimum absolute atomic E-state index is 0.197. The maximum Gasteiger partial charge on any atom is 0.573 e. The Morgan fingerprint density at radius 3 is 2.47 bits per heavy atom. The van der Waals surface area contributed by atoms with Gasteiger partial charge in [0.25, 0.3) is 0 Å². The monoisotopic (exact) mass is 438 g/mol. The Balaban J connectivity index is 1.64. The van der Waals surface area contributed by atoms with Crippen molar-refractivity contribution in [3.63, 3.8) is 0 Å². The van der Waals surface area contributed by atoms with Gasteiger partial charge in [0.05, 0.1) is 0 Å². The number of nitrogens with zero attached hydrogens (tertiary/aromatic N) is 1. The van der Waals surface area contributed by atoms with Crippen molar-refractivity contribution in [2.45, 2.75) is 39.3 Å². The van der Waals surface area contributed by atoms with E-state index in [1.54, 1.807) is 12.1 Å². The maximum atomic E-state index is 12.7. The Morgan fingerprint density at radius 1 is 0.969 bits per heavy atom. The summed E-state index contributed by atoms with van der Waals surface area (Å²) in [6.45, 7) is 5.61. The molecule has 4 aromatic rings. The quantitative estimate of drug-likeness (QED) is 0.334. The van der Waals surface area contributed by atoms with Gasteiger partial charge in [-0.05, 0) is 54.8 Å². The lowest BCUT2D eigenvalue weighted by molar-refractivity contribution is -0.274. The fourth-order valence-electron chi connectivity index (χ4n) is 3.94. The molecule has 0 fully saturated rings. The molecule has 0 saturated heterocycles. The van der Waals surface area contributed by atoms with Crippen LogP contribution in [0.3, 0.4) is 0 Å². The van der Waals surface area contributed by atoms with Gasteiger partial charge in [-0.25, -0.2) is 0 Å². The van der Waals surface area contributed by atoms with Gasteiger partial charge in [0, 0.05) is 41.8 Å². The van der Waals surface area contributed by atoms with Gasteiger partial charge in [-0.2, -0.15) is 0 Å². The van der Waals surface area contributed by atoms with Crippen LogP contribution in [-0.2, 0) is 13.1 Å². The summed E-state index contributed by atoms with van der Waals surface area (Å²) in [6, 6.07) is 22.8. The van der Waals surface area contributed by atoms with Gasteiger partial charge in [0.1, 0.15) is 5.75 Å². The third-order valence-electron chi connectivity index (χ3n) is 5.58. The molecule has 4 rings (SSSR count). The molecule has 0 amide bonds. The van der Waals surface area contributed by atoms with E-state index in [1.807, 2.05) is 31.3 Å². The van der Waals surface area contributed by atoms with Crippen LogP contribution >= 0.6 is 0 Å². The fourth-order valence-corrected chi connectivity index (χ4v) is 3.94. The van der Waals surface area contributed by atoms with E-state index < -0.39 is 6.36 Å². The number of ether oxygens (including phenoxy) is 1. The summed E-state index contributed by atoms with van der Waals surface area (Å²) in [5, 5.41) is 4.55. The van der Waals surface area contributed by atoms with Crippen molar-refractivity contribution < 1.29 is 17.9 Å². The molecule has 0 aliphatic heterocycles. The predicted octanol–water partition coefficient (Wildman–Crippen LogP) is 7.08. The van der Waals surface area contributed by atoms with Crippen molar-refractivity contribution in [1.82, 2.24) is 9.88 Å². The zero-order valence-corrected chi connectivity index (χ0v) is 18.0. The van der Waals surface area contributed by atoms with Crippen LogP contribution in [0, 0.1) is 0 Å². The van der Waals surface area contributed by atoms with Crippen molar-refractivity contribution >= 4 is 10.9 Å². The molecule has 3 nitrogen and oxygen atoms in total. The highest BCUT2D eigenvalue weighted by Gasteiger charge is 2.31. The van der Waals surface area contributed by atoms with Gasteiger partial charge in [0.2, 0.25) is 0 Å². The summed E-state index contributed by atoms with van der Waals surface area (Å²) in [4.78, 5) is 0. The highest BCUT2D eigenvalue weighted by Crippen LogP contribution is 2.34. The molecule has 0 aliphatic rings. The van der Waals surface area contributed by atoms with E-state index in [0.717, 1.165) is 28.6 Å². The first-order chi connectivity index (χ1) is 15.3. The van der Waals surface area contributed by atoms with E-state index in [-0.39, 0.29) is 11.8 Å². The lowest BCUT2D eigenvalue weighted by atomic mass is 10.0. The third kappa shape index (κ3) is 4.97. The van der Waals surface area contributed by atoms with E-state index in [2.05, 4.69) is 51.9 Å². The highest BCUT2D eigenvalue weighted by molar-refractivity contribution is 5.96. The van der Waals surface area contributed by atoms with Gasteiger partial charge >= 0.3 is 6.36 Å². The molecule has 1 aromatic heterocycles. The Labute approximate surface area is 185 Å². The van der Waals surface area contributed by atoms with E-state index in [1.165, 1.54) is 17.7 Å². The van der Waals surface area contributed by atoms with Crippen LogP contribution in [-0.4, -0.2) is 10.9 Å². The molecular formula is C26H25F3N2O. The number of alkyl halides is 3. The fraction of sp³-hybridized carbons (Fsp3) is 0.231. The van der Waals surface area contributed by atoms with Crippen molar-refractivity contribution in [3.05, 3.63) is 90.1 Å². The standard InChI is InChI=1S/C26H25F3N2O/c1-3-31-17-24(21-10-7-11-22(15-21)32-26(27,28)29)23-14-19(12-13-25(23)31)16-30-18(2)20-8-5-4-6-9-20/h4-15,17-18,30H,3,16H2,1-2H3/t18-/m1/s1. The van der Waals surface area contributed by atoms with Gasteiger partial charge in [0.15, 0.2) is 0 Å². The van der Waals surface area contributed by atoms with Crippen LogP contribution in [0.2, 0.25) is 0 Å². The Bertz CT molecular complexity index is 1200. The second-order valence-corrected chi connectivity index (χ2v) is 7.77. The molecule has 166 valence electrons. The lowest BCUT2D eigenvalue weighted by Gasteiger charge is -2.14. The summed E-state index contributed by atoms with van der Waals surface area (Å²) in [5.41, 5.74) is 4.94. The zero-order chi connectivity index (χ0) is 22.7. The van der Waals surface area contributed by atoms with E-state index in [4.69, 9.17) is 0 Å². The van der Waals surface area contributed by atoms with Crippen LogP contribution < -0.4 is 10.1 Å². The second kappa shape index (κ2) is 9.09. The number of hydrogen-bond donors (Lipinski definition) is 1. The topological polar surface area (TPSA) is 26.2 Å². The van der Waals surface area contributed by atoms with Crippen LogP contribution in [0.4, 0.5) is 13.2 Å². The molecule has 0 saturated carbocycles. The number of hydrogen-bond acceptors (Lipinski definition) is 2. The van der Waals surface area contributed by atoms with Gasteiger partial charge in [-0.15, -0.1) is 13.2 Å². The SMILES string of the molecule is CCn1cc(-c2cccc(OC(F)(F)F)c2)c2cc(CN[C@H](C)c3ccccc3)ccc21. The third-order valence-corrected chi connectivity index (χ3v) is 5.58. The largest absolute Gasteiger partial charge is 0.573 e. The highest BCUT2D eigenvalue weighted by atomic mass is 19.4. The van der Waals surface area contributed by atoms with Crippen LogP contribution in [0.25, 0.3) is 22.0 Å². The van der Waals surface area contributed by atoms with Gasteiger partial charge in [-0.3, -0.25) is 0 Å². The maximum absolute atomic E-state index is 12.7. The summed E-state index contributed by atoms with van der Waals surface area (Å²) in [5.74, 6) is -0.220. The van der Waals surface area contributed by atoms with Crippen molar-refractivity contribution in [2.75, 3.05) is 0 Å². The smallest absolute Gasteiger partial charge is 0.406 e. The molecule has 0 spiro atoms. The first-order valence-electron chi connectivity index (χ1n) is 10.6. The summed E-state index contributed by atoms with van der Waals surface area (Å²) in [7, 11) is 0. The average Bonchev–Trinajstić information content (AvgIpc) is 3.15. The molecule has 0 bridgehead atoms. The van der Waals surface area contributed by atoms with Crippen LogP contribution in [0.15, 0.2) is 79.0 Å². The molecule has 1 atom stereocenters. The van der Waals surface area contributed by atoms with Crippen LogP contribution in [0.5, 0.6) is 5.75 Å². The molecule has 1 N–H and O–H groups in total. The Hall–Kier alpha value is -3.25. The Morgan fingerprint density at radius 2 is 1.75 bits per heavy atom. The molecule has 32 heavy (non-hydrogen) atoms.